The Morgan fingerprint density at radius 2 is 2.20 bits per heavy atom. The number of rotatable bonds is 5. The van der Waals surface area contributed by atoms with E-state index in [1.807, 2.05) is 24.4 Å². The van der Waals surface area contributed by atoms with Crippen molar-refractivity contribution in [1.29, 1.82) is 0 Å². The molecule has 0 aliphatic heterocycles. The summed E-state index contributed by atoms with van der Waals surface area (Å²) >= 11 is 6.02. The van der Waals surface area contributed by atoms with Gasteiger partial charge in [-0.05, 0) is 40.4 Å². The monoisotopic (exact) mass is 395 g/mol. The second kappa shape index (κ2) is 6.25. The maximum Gasteiger partial charge on any atom is 0.245 e. The van der Waals surface area contributed by atoms with Gasteiger partial charge in [-0.3, -0.25) is 0 Å². The first-order valence-corrected chi connectivity index (χ1v) is 9.71. The molecule has 4 nitrogen and oxygen atoms in total. The molecular weight excluding hydrogens is 382 g/mol. The van der Waals surface area contributed by atoms with E-state index in [1.54, 1.807) is 7.05 Å². The molecule has 1 atom stereocenters. The average molecular weight is 396 g/mol. The minimum absolute atomic E-state index is 0.164. The molecule has 0 saturated heterocycles. The van der Waals surface area contributed by atoms with Crippen molar-refractivity contribution in [2.45, 2.75) is 24.5 Å². The van der Waals surface area contributed by atoms with Crippen LogP contribution in [0.5, 0.6) is 0 Å². The highest BCUT2D eigenvalue weighted by Crippen LogP contribution is 2.36. The van der Waals surface area contributed by atoms with Crippen LogP contribution in [0.4, 0.5) is 0 Å². The summed E-state index contributed by atoms with van der Waals surface area (Å²) in [4.78, 5) is 1.81. The smallest absolute Gasteiger partial charge is 0.245 e. The van der Waals surface area contributed by atoms with Crippen molar-refractivity contribution in [1.82, 2.24) is 4.31 Å². The summed E-state index contributed by atoms with van der Waals surface area (Å²) in [6.07, 6.45) is 0. The van der Waals surface area contributed by atoms with Gasteiger partial charge in [-0.1, -0.05) is 6.07 Å². The van der Waals surface area contributed by atoms with E-state index in [0.29, 0.717) is 8.66 Å². The van der Waals surface area contributed by atoms with Crippen molar-refractivity contribution >= 4 is 48.6 Å². The summed E-state index contributed by atoms with van der Waals surface area (Å²) in [6.45, 7) is 1.69. The molecule has 2 rings (SSSR count). The second-order valence-electron chi connectivity index (χ2n) is 4.22. The van der Waals surface area contributed by atoms with Crippen LogP contribution < -0.4 is 0 Å². The number of hydrogen-bond donors (Lipinski definition) is 1. The van der Waals surface area contributed by atoms with Gasteiger partial charge in [0.25, 0.3) is 0 Å². The average Bonchev–Trinajstić information content (AvgIpc) is 3.05. The zero-order valence-electron chi connectivity index (χ0n) is 10.9. The van der Waals surface area contributed by atoms with Crippen molar-refractivity contribution in [2.75, 3.05) is 7.05 Å². The van der Waals surface area contributed by atoms with Crippen LogP contribution in [0.1, 0.15) is 22.7 Å². The fourth-order valence-corrected chi connectivity index (χ4v) is 6.45. The van der Waals surface area contributed by atoms with E-state index < -0.39 is 10.0 Å². The Labute approximate surface area is 134 Å². The molecule has 110 valence electrons. The fourth-order valence-electron chi connectivity index (χ4n) is 1.72. The van der Waals surface area contributed by atoms with Gasteiger partial charge < -0.3 is 5.11 Å². The zero-order chi connectivity index (χ0) is 14.9. The molecule has 2 aromatic heterocycles. The van der Waals surface area contributed by atoms with E-state index in [2.05, 4.69) is 15.9 Å². The molecule has 1 N–H and O–H groups in total. The number of hydrogen-bond acceptors (Lipinski definition) is 5. The third-order valence-electron chi connectivity index (χ3n) is 3.02. The number of sulfonamides is 1. The van der Waals surface area contributed by atoms with Gasteiger partial charge in [-0.2, -0.15) is 4.31 Å². The van der Waals surface area contributed by atoms with Crippen LogP contribution in [0.3, 0.4) is 0 Å². The third-order valence-corrected chi connectivity index (χ3v) is 8.23. The number of aliphatic hydroxyl groups is 1. The van der Waals surface area contributed by atoms with Crippen molar-refractivity contribution in [2.24, 2.45) is 0 Å². The van der Waals surface area contributed by atoms with E-state index in [9.17, 15) is 8.42 Å². The van der Waals surface area contributed by atoms with E-state index in [1.165, 1.54) is 33.0 Å². The van der Waals surface area contributed by atoms with Crippen molar-refractivity contribution in [3.63, 3.8) is 0 Å². The standard InChI is InChI=1S/C12H14BrNO3S3/c1-8(10-4-3-5-18-10)14(2)20(16,17)11-6-9(7-15)19-12(11)13/h3-6,8,15H,7H2,1-2H3. The molecule has 2 aromatic rings. The van der Waals surface area contributed by atoms with Crippen LogP contribution in [-0.4, -0.2) is 24.9 Å². The Bertz CT molecular complexity index is 679. The Kier molecular flexibility index (Phi) is 5.04. The summed E-state index contributed by atoms with van der Waals surface area (Å²) in [7, 11) is -2.02. The van der Waals surface area contributed by atoms with Crippen LogP contribution in [-0.2, 0) is 16.6 Å². The molecule has 0 fully saturated rings. The first kappa shape index (κ1) is 16.1. The molecule has 0 saturated carbocycles. The van der Waals surface area contributed by atoms with Crippen LogP contribution >= 0.6 is 38.6 Å². The third kappa shape index (κ3) is 3.00. The number of aliphatic hydroxyl groups excluding tert-OH is 1. The van der Waals surface area contributed by atoms with Crippen LogP contribution in [0, 0.1) is 0 Å². The Balaban J connectivity index is 2.36. The SMILES string of the molecule is CC(c1cccs1)N(C)S(=O)(=O)c1cc(CO)sc1Br. The Morgan fingerprint density at radius 3 is 2.70 bits per heavy atom. The van der Waals surface area contributed by atoms with E-state index >= 15 is 0 Å². The van der Waals surface area contributed by atoms with Gasteiger partial charge in [-0.15, -0.1) is 22.7 Å². The largest absolute Gasteiger partial charge is 0.391 e. The van der Waals surface area contributed by atoms with Crippen LogP contribution in [0.25, 0.3) is 0 Å². The minimum Gasteiger partial charge on any atom is -0.391 e. The summed E-state index contributed by atoms with van der Waals surface area (Å²) in [6, 6.07) is 5.11. The van der Waals surface area contributed by atoms with Gasteiger partial charge in [0.15, 0.2) is 0 Å². The molecule has 0 aromatic carbocycles. The van der Waals surface area contributed by atoms with Crippen LogP contribution in [0.15, 0.2) is 32.3 Å². The lowest BCUT2D eigenvalue weighted by Gasteiger charge is -2.23. The summed E-state index contributed by atoms with van der Waals surface area (Å²) in [5, 5.41) is 11.0. The van der Waals surface area contributed by atoms with Crippen molar-refractivity contribution in [3.05, 3.63) is 37.1 Å². The predicted octanol–water partition coefficient (Wildman–Crippen LogP) is 3.45. The van der Waals surface area contributed by atoms with Gasteiger partial charge in [0.1, 0.15) is 4.90 Å². The summed E-state index contributed by atoms with van der Waals surface area (Å²) < 4.78 is 27.2. The maximum absolute atomic E-state index is 12.6. The Morgan fingerprint density at radius 1 is 1.50 bits per heavy atom. The number of halogens is 1. The number of thiophene rings is 2. The summed E-state index contributed by atoms with van der Waals surface area (Å²) in [5.74, 6) is 0. The van der Waals surface area contributed by atoms with Crippen molar-refractivity contribution < 1.29 is 13.5 Å². The lowest BCUT2D eigenvalue weighted by Crippen LogP contribution is -2.29. The van der Waals surface area contributed by atoms with E-state index in [4.69, 9.17) is 5.11 Å². The van der Waals surface area contributed by atoms with Gasteiger partial charge in [0.2, 0.25) is 10.0 Å². The normalized spacial score (nSPS) is 13.8. The molecule has 8 heteroatoms. The van der Waals surface area contributed by atoms with Gasteiger partial charge >= 0.3 is 0 Å². The highest BCUT2D eigenvalue weighted by Gasteiger charge is 2.30. The van der Waals surface area contributed by atoms with Crippen molar-refractivity contribution in [3.8, 4) is 0 Å². The number of nitrogens with zero attached hydrogens (tertiary/aromatic N) is 1. The molecule has 20 heavy (non-hydrogen) atoms. The fraction of sp³-hybridized carbons (Fsp3) is 0.333. The molecule has 0 radical (unpaired) electrons. The molecule has 0 bridgehead atoms. The van der Waals surface area contributed by atoms with Gasteiger partial charge in [0.05, 0.1) is 16.4 Å². The first-order chi connectivity index (χ1) is 9.37. The second-order valence-corrected chi connectivity index (χ2v) is 9.62. The predicted molar refractivity (Wildman–Crippen MR) is 85.6 cm³/mol. The van der Waals surface area contributed by atoms with E-state index in [-0.39, 0.29) is 17.5 Å². The highest BCUT2D eigenvalue weighted by atomic mass is 79.9. The molecule has 1 unspecified atom stereocenters. The quantitative estimate of drug-likeness (QED) is 0.842. The van der Waals surface area contributed by atoms with E-state index in [0.717, 1.165) is 4.88 Å². The lowest BCUT2D eigenvalue weighted by molar-refractivity contribution is 0.285. The highest BCUT2D eigenvalue weighted by molar-refractivity contribution is 9.11. The maximum atomic E-state index is 12.6. The van der Waals surface area contributed by atoms with Gasteiger partial charge in [-0.25, -0.2) is 8.42 Å². The van der Waals surface area contributed by atoms with Crippen LogP contribution in [0.2, 0.25) is 0 Å². The molecular formula is C12H14BrNO3S3. The summed E-state index contributed by atoms with van der Waals surface area (Å²) in [5.41, 5.74) is 0. The molecule has 0 spiro atoms. The molecule has 0 amide bonds. The minimum atomic E-state index is -3.59. The lowest BCUT2D eigenvalue weighted by atomic mass is 10.3. The molecule has 0 aliphatic carbocycles. The topological polar surface area (TPSA) is 57.6 Å². The first-order valence-electron chi connectivity index (χ1n) is 5.78. The Hall–Kier alpha value is -0.250. The molecule has 2 heterocycles. The van der Waals surface area contributed by atoms with Gasteiger partial charge in [0, 0.05) is 16.8 Å². The molecule has 0 aliphatic rings. The zero-order valence-corrected chi connectivity index (χ0v) is 14.9.